The molecule has 0 atom stereocenters. The average molecular weight is 285 g/mol. The molecule has 1 heterocycles. The largest absolute Gasteiger partial charge is 0.258 e. The topological polar surface area (TPSA) is 41.6 Å². The van der Waals surface area contributed by atoms with Crippen molar-refractivity contribution in [2.24, 2.45) is 0 Å². The van der Waals surface area contributed by atoms with Gasteiger partial charge >= 0.3 is 0 Å². The third-order valence-electron chi connectivity index (χ3n) is 3.88. The van der Waals surface area contributed by atoms with Crippen LogP contribution in [0.1, 0.15) is 11.1 Å². The van der Waals surface area contributed by atoms with Crippen molar-refractivity contribution >= 4 is 11.0 Å². The minimum absolute atomic E-state index is 0.883. The van der Waals surface area contributed by atoms with Gasteiger partial charge in [-0.25, -0.2) is 0 Å². The van der Waals surface area contributed by atoms with Crippen molar-refractivity contribution in [1.29, 1.82) is 0 Å². The van der Waals surface area contributed by atoms with Crippen LogP contribution in [0.5, 0.6) is 0 Å². The van der Waals surface area contributed by atoms with E-state index in [9.17, 15) is 0 Å². The number of hydrogen-bond acceptors (Lipinski definition) is 2. The maximum absolute atomic E-state index is 4.29. The van der Waals surface area contributed by atoms with Crippen molar-refractivity contribution in [3.8, 4) is 11.1 Å². The number of aromatic nitrogens is 3. The Balaban J connectivity index is 1.91. The number of aromatic amines is 1. The van der Waals surface area contributed by atoms with E-state index in [1.54, 1.807) is 0 Å². The standard InChI is InChI=1S/C19H15N3/c1-3-7-14(8-4-1)13-16-11-12-17-19(21-22-20-17)18(16)15-9-5-2-6-10-15/h1-12H,13H2,(H,20,21,22). The third-order valence-corrected chi connectivity index (χ3v) is 3.88. The zero-order valence-electron chi connectivity index (χ0n) is 12.0. The quantitative estimate of drug-likeness (QED) is 0.612. The number of rotatable bonds is 3. The molecule has 0 spiro atoms. The molecule has 4 rings (SSSR count). The van der Waals surface area contributed by atoms with Gasteiger partial charge in [0, 0.05) is 5.56 Å². The molecule has 0 saturated heterocycles. The summed E-state index contributed by atoms with van der Waals surface area (Å²) in [6.45, 7) is 0. The predicted octanol–water partition coefficient (Wildman–Crippen LogP) is 4.22. The molecule has 3 heteroatoms. The van der Waals surface area contributed by atoms with Gasteiger partial charge in [-0.15, -0.1) is 5.10 Å². The Morgan fingerprint density at radius 1 is 0.773 bits per heavy atom. The van der Waals surface area contributed by atoms with Crippen LogP contribution in [0.25, 0.3) is 22.2 Å². The lowest BCUT2D eigenvalue weighted by Crippen LogP contribution is -1.93. The lowest BCUT2D eigenvalue weighted by Gasteiger charge is -2.10. The smallest absolute Gasteiger partial charge is 0.121 e. The number of H-pyrrole nitrogens is 1. The molecule has 106 valence electrons. The van der Waals surface area contributed by atoms with E-state index in [1.165, 1.54) is 16.7 Å². The van der Waals surface area contributed by atoms with Crippen LogP contribution in [-0.4, -0.2) is 15.4 Å². The Morgan fingerprint density at radius 3 is 2.27 bits per heavy atom. The van der Waals surface area contributed by atoms with Crippen LogP contribution in [-0.2, 0) is 6.42 Å². The van der Waals surface area contributed by atoms with Crippen LogP contribution < -0.4 is 0 Å². The second-order valence-electron chi connectivity index (χ2n) is 5.34. The first-order chi connectivity index (χ1) is 10.9. The van der Waals surface area contributed by atoms with E-state index in [-0.39, 0.29) is 0 Å². The maximum atomic E-state index is 4.29. The van der Waals surface area contributed by atoms with Gasteiger partial charge in [0.15, 0.2) is 0 Å². The van der Waals surface area contributed by atoms with Crippen molar-refractivity contribution < 1.29 is 0 Å². The van der Waals surface area contributed by atoms with Gasteiger partial charge in [-0.1, -0.05) is 71.9 Å². The fourth-order valence-electron chi connectivity index (χ4n) is 2.85. The van der Waals surface area contributed by atoms with Gasteiger partial charge in [0.1, 0.15) is 5.52 Å². The van der Waals surface area contributed by atoms with Crippen molar-refractivity contribution in [2.75, 3.05) is 0 Å². The molecule has 0 radical (unpaired) electrons. The Hall–Kier alpha value is -2.94. The summed E-state index contributed by atoms with van der Waals surface area (Å²) < 4.78 is 0. The molecule has 22 heavy (non-hydrogen) atoms. The van der Waals surface area contributed by atoms with E-state index in [2.05, 4.69) is 76.1 Å². The molecule has 0 aliphatic heterocycles. The molecular formula is C19H15N3. The Bertz CT molecular complexity index is 896. The summed E-state index contributed by atoms with van der Waals surface area (Å²) in [6.07, 6.45) is 0.883. The zero-order valence-corrected chi connectivity index (χ0v) is 12.0. The van der Waals surface area contributed by atoms with Gasteiger partial charge < -0.3 is 0 Å². The number of nitrogens with one attached hydrogen (secondary N) is 1. The van der Waals surface area contributed by atoms with Gasteiger partial charge in [-0.3, -0.25) is 5.10 Å². The van der Waals surface area contributed by atoms with Crippen LogP contribution in [0.4, 0.5) is 0 Å². The van der Waals surface area contributed by atoms with Crippen molar-refractivity contribution in [3.63, 3.8) is 0 Å². The van der Waals surface area contributed by atoms with E-state index >= 15 is 0 Å². The van der Waals surface area contributed by atoms with E-state index in [4.69, 9.17) is 0 Å². The highest BCUT2D eigenvalue weighted by atomic mass is 15.3. The van der Waals surface area contributed by atoms with Crippen LogP contribution >= 0.6 is 0 Å². The first kappa shape index (κ1) is 12.8. The van der Waals surface area contributed by atoms with Gasteiger partial charge in [-0.2, -0.15) is 0 Å². The maximum Gasteiger partial charge on any atom is 0.121 e. The average Bonchev–Trinajstić information content (AvgIpc) is 3.05. The van der Waals surface area contributed by atoms with Crippen LogP contribution in [0.2, 0.25) is 0 Å². The van der Waals surface area contributed by atoms with E-state index in [0.717, 1.165) is 23.0 Å². The third kappa shape index (κ3) is 2.27. The zero-order chi connectivity index (χ0) is 14.8. The first-order valence-corrected chi connectivity index (χ1v) is 7.34. The van der Waals surface area contributed by atoms with Crippen molar-refractivity contribution in [3.05, 3.63) is 83.9 Å². The minimum atomic E-state index is 0.883. The summed E-state index contributed by atoms with van der Waals surface area (Å²) in [4.78, 5) is 0. The molecule has 1 aromatic heterocycles. The van der Waals surface area contributed by atoms with Crippen LogP contribution in [0.3, 0.4) is 0 Å². The van der Waals surface area contributed by atoms with Gasteiger partial charge in [0.05, 0.1) is 5.52 Å². The normalized spacial score (nSPS) is 10.9. The number of nitrogens with zero attached hydrogens (tertiary/aromatic N) is 2. The van der Waals surface area contributed by atoms with Crippen LogP contribution in [0.15, 0.2) is 72.8 Å². The summed E-state index contributed by atoms with van der Waals surface area (Å²) in [7, 11) is 0. The Labute approximate surface area is 128 Å². The van der Waals surface area contributed by atoms with E-state index in [0.29, 0.717) is 0 Å². The summed E-state index contributed by atoms with van der Waals surface area (Å²) >= 11 is 0. The number of hydrogen-bond donors (Lipinski definition) is 1. The number of benzene rings is 3. The molecule has 3 nitrogen and oxygen atoms in total. The molecule has 0 unspecified atom stereocenters. The highest BCUT2D eigenvalue weighted by Gasteiger charge is 2.13. The molecule has 3 aromatic carbocycles. The molecule has 1 N–H and O–H groups in total. The molecule has 0 fully saturated rings. The van der Waals surface area contributed by atoms with E-state index in [1.807, 2.05) is 12.1 Å². The molecule has 4 aromatic rings. The Kier molecular flexibility index (Phi) is 3.16. The van der Waals surface area contributed by atoms with Crippen molar-refractivity contribution in [1.82, 2.24) is 15.4 Å². The second-order valence-corrected chi connectivity index (χ2v) is 5.34. The molecule has 0 amide bonds. The van der Waals surface area contributed by atoms with Crippen molar-refractivity contribution in [2.45, 2.75) is 6.42 Å². The summed E-state index contributed by atoms with van der Waals surface area (Å²) in [6, 6.07) is 25.1. The molecular weight excluding hydrogens is 270 g/mol. The molecule has 0 aliphatic carbocycles. The summed E-state index contributed by atoms with van der Waals surface area (Å²) in [5, 5.41) is 11.2. The molecule has 0 bridgehead atoms. The lowest BCUT2D eigenvalue weighted by molar-refractivity contribution is 0.959. The molecule has 0 saturated carbocycles. The first-order valence-electron chi connectivity index (χ1n) is 7.34. The fraction of sp³-hybridized carbons (Fsp3) is 0.0526. The fourth-order valence-corrected chi connectivity index (χ4v) is 2.85. The lowest BCUT2D eigenvalue weighted by atomic mass is 9.94. The monoisotopic (exact) mass is 285 g/mol. The molecule has 0 aliphatic rings. The second kappa shape index (κ2) is 5.45. The Morgan fingerprint density at radius 2 is 1.50 bits per heavy atom. The summed E-state index contributed by atoms with van der Waals surface area (Å²) in [5.41, 5.74) is 6.79. The number of fused-ring (bicyclic) bond motifs is 1. The van der Waals surface area contributed by atoms with Gasteiger partial charge in [-0.05, 0) is 29.2 Å². The van der Waals surface area contributed by atoms with Gasteiger partial charge in [0.25, 0.3) is 0 Å². The predicted molar refractivity (Wildman–Crippen MR) is 88.6 cm³/mol. The highest BCUT2D eigenvalue weighted by molar-refractivity contribution is 5.93. The highest BCUT2D eigenvalue weighted by Crippen LogP contribution is 2.31. The van der Waals surface area contributed by atoms with E-state index < -0.39 is 0 Å². The van der Waals surface area contributed by atoms with Crippen LogP contribution in [0, 0.1) is 0 Å². The van der Waals surface area contributed by atoms with Gasteiger partial charge in [0.2, 0.25) is 0 Å². The minimum Gasteiger partial charge on any atom is -0.258 e. The summed E-state index contributed by atoms with van der Waals surface area (Å²) in [5.74, 6) is 0. The SMILES string of the molecule is c1ccc(Cc2ccc3[nH]nnc3c2-c2ccccc2)cc1.